The van der Waals surface area contributed by atoms with Gasteiger partial charge in [0, 0.05) is 23.1 Å². The van der Waals surface area contributed by atoms with Crippen LogP contribution in [0.5, 0.6) is 11.5 Å². The Kier molecular flexibility index (Phi) is 7.57. The van der Waals surface area contributed by atoms with Gasteiger partial charge in [0.1, 0.15) is 16.5 Å². The SMILES string of the molecule is Cc1nc(-c2cc(C(F)(F)F)ccc2[C@@H]2CCOc3cc(S(=O)(=O)Oc4c(F)c(F)c(F)c(F)c4F)ccc32)ccc1F. The number of halogens is 9. The van der Waals surface area contributed by atoms with Crippen molar-refractivity contribution in [2.75, 3.05) is 6.61 Å². The van der Waals surface area contributed by atoms with Gasteiger partial charge in [-0.1, -0.05) is 12.1 Å². The number of hydrogen-bond acceptors (Lipinski definition) is 5. The summed E-state index contributed by atoms with van der Waals surface area (Å²) in [5.41, 5.74) is -0.359. The monoisotopic (exact) mass is 633 g/mol. The number of nitrogens with zero attached hydrogens (tertiary/aromatic N) is 1. The molecule has 0 aliphatic carbocycles. The molecule has 5 rings (SSSR count). The molecule has 0 saturated carbocycles. The molecule has 1 atom stereocenters. The average molecular weight is 633 g/mol. The lowest BCUT2D eigenvalue weighted by Crippen LogP contribution is -2.18. The molecule has 0 amide bonds. The third-order valence-electron chi connectivity index (χ3n) is 6.73. The third-order valence-corrected chi connectivity index (χ3v) is 7.95. The van der Waals surface area contributed by atoms with Crippen molar-refractivity contribution in [2.45, 2.75) is 30.3 Å². The van der Waals surface area contributed by atoms with E-state index in [9.17, 15) is 47.9 Å². The second-order valence-electron chi connectivity index (χ2n) is 9.39. The van der Waals surface area contributed by atoms with Gasteiger partial charge < -0.3 is 8.92 Å². The van der Waals surface area contributed by atoms with E-state index < -0.39 is 73.3 Å². The van der Waals surface area contributed by atoms with Crippen LogP contribution in [0.15, 0.2) is 53.4 Å². The molecule has 1 aliphatic heterocycles. The third kappa shape index (κ3) is 5.48. The van der Waals surface area contributed by atoms with Crippen molar-refractivity contribution in [3.8, 4) is 22.8 Å². The zero-order chi connectivity index (χ0) is 31.4. The van der Waals surface area contributed by atoms with E-state index in [1.165, 1.54) is 25.1 Å². The van der Waals surface area contributed by atoms with Gasteiger partial charge in [-0.05, 0) is 49.2 Å². The predicted octanol–water partition coefficient (Wildman–Crippen LogP) is 7.59. The van der Waals surface area contributed by atoms with Gasteiger partial charge in [0.05, 0.1) is 23.6 Å². The van der Waals surface area contributed by atoms with Crippen LogP contribution in [-0.2, 0) is 16.3 Å². The smallest absolute Gasteiger partial charge is 0.416 e. The maximum atomic E-state index is 14.1. The minimum atomic E-state index is -5.19. The summed E-state index contributed by atoms with van der Waals surface area (Å²) in [6.07, 6.45) is -4.51. The molecular formula is C28H16F9NO4S. The van der Waals surface area contributed by atoms with Gasteiger partial charge in [-0.2, -0.15) is 30.4 Å². The number of benzene rings is 3. The van der Waals surface area contributed by atoms with E-state index in [1.807, 2.05) is 0 Å². The Labute approximate surface area is 237 Å². The van der Waals surface area contributed by atoms with Gasteiger partial charge >= 0.3 is 16.3 Å². The molecule has 43 heavy (non-hydrogen) atoms. The number of aryl methyl sites for hydroxylation is 1. The molecule has 0 N–H and O–H groups in total. The van der Waals surface area contributed by atoms with Crippen molar-refractivity contribution in [1.82, 2.24) is 4.98 Å². The highest BCUT2D eigenvalue weighted by molar-refractivity contribution is 7.87. The number of alkyl halides is 3. The molecule has 5 nitrogen and oxygen atoms in total. The molecule has 0 saturated heterocycles. The average Bonchev–Trinajstić information content (AvgIpc) is 2.97. The quantitative estimate of drug-likeness (QED) is 0.0981. The van der Waals surface area contributed by atoms with Crippen molar-refractivity contribution >= 4 is 10.1 Å². The Morgan fingerprint density at radius 1 is 0.837 bits per heavy atom. The molecule has 15 heteroatoms. The van der Waals surface area contributed by atoms with E-state index in [1.54, 1.807) is 0 Å². The number of pyridine rings is 1. The second kappa shape index (κ2) is 10.8. The van der Waals surface area contributed by atoms with Crippen molar-refractivity contribution < 1.29 is 56.9 Å². The molecule has 4 aromatic rings. The van der Waals surface area contributed by atoms with Crippen molar-refractivity contribution in [1.29, 1.82) is 0 Å². The lowest BCUT2D eigenvalue weighted by atomic mass is 9.82. The summed E-state index contributed by atoms with van der Waals surface area (Å²) in [6, 6.07) is 8.20. The Morgan fingerprint density at radius 3 is 2.09 bits per heavy atom. The van der Waals surface area contributed by atoms with Crippen LogP contribution in [0.4, 0.5) is 39.5 Å². The minimum Gasteiger partial charge on any atom is -0.493 e. The van der Waals surface area contributed by atoms with E-state index in [-0.39, 0.29) is 35.7 Å². The summed E-state index contributed by atoms with van der Waals surface area (Å²) in [4.78, 5) is 3.31. The van der Waals surface area contributed by atoms with Gasteiger partial charge in [0.25, 0.3) is 0 Å². The molecule has 0 spiro atoms. The summed E-state index contributed by atoms with van der Waals surface area (Å²) in [5, 5.41) is 0. The fourth-order valence-corrected chi connectivity index (χ4v) is 5.56. The number of fused-ring (bicyclic) bond motifs is 1. The number of aromatic nitrogens is 1. The zero-order valence-electron chi connectivity index (χ0n) is 21.5. The molecule has 0 bridgehead atoms. The van der Waals surface area contributed by atoms with Crippen molar-refractivity contribution in [3.05, 3.63) is 106 Å². The summed E-state index contributed by atoms with van der Waals surface area (Å²) in [5.74, 6) is -15.9. The first-order chi connectivity index (χ1) is 20.1. The van der Waals surface area contributed by atoms with Crippen LogP contribution in [0.2, 0.25) is 0 Å². The molecule has 0 radical (unpaired) electrons. The highest BCUT2D eigenvalue weighted by Crippen LogP contribution is 2.44. The first-order valence-corrected chi connectivity index (χ1v) is 13.6. The molecule has 1 aromatic heterocycles. The molecule has 226 valence electrons. The highest BCUT2D eigenvalue weighted by Gasteiger charge is 2.35. The van der Waals surface area contributed by atoms with E-state index in [0.717, 1.165) is 30.3 Å². The summed E-state index contributed by atoms with van der Waals surface area (Å²) in [7, 11) is -5.19. The first-order valence-electron chi connectivity index (χ1n) is 12.2. The van der Waals surface area contributed by atoms with Gasteiger partial charge in [-0.3, -0.25) is 4.98 Å². The molecule has 0 fully saturated rings. The van der Waals surface area contributed by atoms with E-state index in [0.29, 0.717) is 11.1 Å². The zero-order valence-corrected chi connectivity index (χ0v) is 22.3. The Bertz CT molecular complexity index is 1850. The van der Waals surface area contributed by atoms with Crippen LogP contribution in [0.1, 0.15) is 34.7 Å². The topological polar surface area (TPSA) is 65.5 Å². The summed E-state index contributed by atoms with van der Waals surface area (Å²) < 4.78 is 159. The Hall–Kier alpha value is -4.27. The van der Waals surface area contributed by atoms with Crippen LogP contribution >= 0.6 is 0 Å². The van der Waals surface area contributed by atoms with E-state index >= 15 is 0 Å². The van der Waals surface area contributed by atoms with E-state index in [4.69, 9.17) is 4.74 Å². The second-order valence-corrected chi connectivity index (χ2v) is 10.9. The fourth-order valence-electron chi connectivity index (χ4n) is 4.62. The number of hydrogen-bond donors (Lipinski definition) is 0. The van der Waals surface area contributed by atoms with Crippen LogP contribution in [-0.4, -0.2) is 20.0 Å². The van der Waals surface area contributed by atoms with E-state index in [2.05, 4.69) is 9.17 Å². The maximum absolute atomic E-state index is 14.1. The van der Waals surface area contributed by atoms with Crippen LogP contribution in [0, 0.1) is 41.8 Å². The maximum Gasteiger partial charge on any atom is 0.416 e. The molecule has 1 aliphatic rings. The highest BCUT2D eigenvalue weighted by atomic mass is 32.2. The van der Waals surface area contributed by atoms with Crippen LogP contribution in [0.3, 0.4) is 0 Å². The largest absolute Gasteiger partial charge is 0.493 e. The standard InChI is InChI=1S/C28H16F9NO4S/c1-12-19(29)6-7-20(38-12)18-10-13(28(35,36)37)2-4-15(18)16-8-9-41-21-11-14(3-5-17(16)21)43(39,40)42-27-25(33)23(31)22(30)24(32)26(27)34/h2-7,10-11,16H,8-9H2,1H3/t16-/m0/s1. The van der Waals surface area contributed by atoms with Crippen LogP contribution in [0.25, 0.3) is 11.3 Å². The van der Waals surface area contributed by atoms with Gasteiger partial charge in [-0.25, -0.2) is 17.6 Å². The minimum absolute atomic E-state index is 0.0297. The Morgan fingerprint density at radius 2 is 1.47 bits per heavy atom. The first kappa shape index (κ1) is 30.2. The van der Waals surface area contributed by atoms with Crippen molar-refractivity contribution in [2.24, 2.45) is 0 Å². The number of rotatable bonds is 5. The fraction of sp³-hybridized carbons (Fsp3) is 0.179. The van der Waals surface area contributed by atoms with Gasteiger partial charge in [0.2, 0.25) is 34.8 Å². The van der Waals surface area contributed by atoms with Gasteiger partial charge in [-0.15, -0.1) is 0 Å². The van der Waals surface area contributed by atoms with Crippen molar-refractivity contribution in [3.63, 3.8) is 0 Å². The lowest BCUT2D eigenvalue weighted by molar-refractivity contribution is -0.137. The van der Waals surface area contributed by atoms with Gasteiger partial charge in [0.15, 0.2) is 0 Å². The molecule has 2 heterocycles. The van der Waals surface area contributed by atoms with Crippen LogP contribution < -0.4 is 8.92 Å². The summed E-state index contributed by atoms with van der Waals surface area (Å²) >= 11 is 0. The Balaban J connectivity index is 1.57. The molecule has 3 aromatic carbocycles. The predicted molar refractivity (Wildman–Crippen MR) is 132 cm³/mol. The molecule has 0 unspecified atom stereocenters. The number of ether oxygens (including phenoxy) is 1. The lowest BCUT2D eigenvalue weighted by Gasteiger charge is -2.28. The normalized spacial score (nSPS) is 15.2. The molecular weight excluding hydrogens is 617 g/mol. The summed E-state index contributed by atoms with van der Waals surface area (Å²) in [6.45, 7) is 1.28.